The van der Waals surface area contributed by atoms with E-state index in [1.165, 1.54) is 11.8 Å². The van der Waals surface area contributed by atoms with E-state index < -0.39 is 16.0 Å². The number of nitrogen functional groups attached to an aromatic ring is 1. The second-order valence-electron chi connectivity index (χ2n) is 4.07. The van der Waals surface area contributed by atoms with Crippen molar-refractivity contribution in [2.24, 2.45) is 7.05 Å². The van der Waals surface area contributed by atoms with E-state index in [4.69, 9.17) is 5.73 Å². The van der Waals surface area contributed by atoms with Crippen molar-refractivity contribution < 1.29 is 17.9 Å². The molecule has 0 saturated heterocycles. The summed E-state index contributed by atoms with van der Waals surface area (Å²) < 4.78 is 31.8. The summed E-state index contributed by atoms with van der Waals surface area (Å²) in [6.45, 7) is 1.68. The van der Waals surface area contributed by atoms with Crippen LogP contribution >= 0.6 is 0 Å². The van der Waals surface area contributed by atoms with Gasteiger partial charge in [-0.05, 0) is 13.3 Å². The number of carbonyl (C=O) groups excluding carboxylic acids is 1. The number of sulfonamides is 1. The first-order chi connectivity index (χ1) is 8.76. The summed E-state index contributed by atoms with van der Waals surface area (Å²) in [6.07, 6.45) is 0.232. The van der Waals surface area contributed by atoms with Crippen molar-refractivity contribution in [2.45, 2.75) is 19.8 Å². The number of carbonyl (C=O) groups is 1. The third kappa shape index (κ3) is 4.12. The fourth-order valence-corrected chi connectivity index (χ4v) is 2.67. The fourth-order valence-electron chi connectivity index (χ4n) is 1.50. The maximum atomic E-state index is 11.8. The van der Waals surface area contributed by atoms with Crippen LogP contribution in [0.15, 0.2) is 0 Å². The molecule has 1 aromatic rings. The van der Waals surface area contributed by atoms with E-state index in [0.717, 1.165) is 0 Å². The van der Waals surface area contributed by atoms with Crippen molar-refractivity contribution in [3.8, 4) is 0 Å². The van der Waals surface area contributed by atoms with Crippen LogP contribution in [0.1, 0.15) is 18.5 Å². The number of ether oxygens (including phenoxy) is 1. The van der Waals surface area contributed by atoms with E-state index in [-0.39, 0.29) is 24.4 Å². The van der Waals surface area contributed by atoms with Gasteiger partial charge in [0.2, 0.25) is 10.0 Å². The van der Waals surface area contributed by atoms with Gasteiger partial charge in [0.15, 0.2) is 5.82 Å². The molecular weight excluding hydrogens is 272 g/mol. The zero-order valence-electron chi connectivity index (χ0n) is 11.1. The summed E-state index contributed by atoms with van der Waals surface area (Å²) >= 11 is 0. The largest absolute Gasteiger partial charge is 0.469 e. The molecule has 0 radical (unpaired) electrons. The number of rotatable bonds is 6. The summed E-state index contributed by atoms with van der Waals surface area (Å²) in [7, 11) is -0.718. The van der Waals surface area contributed by atoms with Crippen LogP contribution in [0.2, 0.25) is 0 Å². The molecule has 0 aromatic carbocycles. The molecule has 1 aromatic heterocycles. The van der Waals surface area contributed by atoms with Crippen LogP contribution in [0.25, 0.3) is 0 Å². The Kier molecular flexibility index (Phi) is 4.76. The molecule has 0 aliphatic heterocycles. The van der Waals surface area contributed by atoms with Gasteiger partial charge in [-0.3, -0.25) is 9.52 Å². The lowest BCUT2D eigenvalue weighted by molar-refractivity contribution is -0.140. The number of nitrogens with two attached hydrogens (primary N) is 1. The fraction of sp³-hybridized carbons (Fsp3) is 0.600. The zero-order chi connectivity index (χ0) is 14.6. The molecule has 0 spiro atoms. The predicted molar refractivity (Wildman–Crippen MR) is 71.0 cm³/mol. The van der Waals surface area contributed by atoms with Gasteiger partial charge in [0, 0.05) is 13.5 Å². The lowest BCUT2D eigenvalue weighted by Gasteiger charge is -2.08. The lowest BCUT2D eigenvalue weighted by atomic mass is 10.3. The summed E-state index contributed by atoms with van der Waals surface area (Å²) in [6, 6.07) is 0. The van der Waals surface area contributed by atoms with E-state index in [9.17, 15) is 13.2 Å². The van der Waals surface area contributed by atoms with Gasteiger partial charge in [-0.2, -0.15) is 5.10 Å². The molecule has 3 N–H and O–H groups in total. The second kappa shape index (κ2) is 5.91. The van der Waals surface area contributed by atoms with Crippen LogP contribution in [0.3, 0.4) is 0 Å². The first kappa shape index (κ1) is 15.3. The molecule has 0 atom stereocenters. The van der Waals surface area contributed by atoms with Crippen LogP contribution in [0.4, 0.5) is 11.5 Å². The first-order valence-corrected chi connectivity index (χ1v) is 7.28. The van der Waals surface area contributed by atoms with Gasteiger partial charge >= 0.3 is 5.97 Å². The Labute approximate surface area is 112 Å². The zero-order valence-corrected chi connectivity index (χ0v) is 12.0. The van der Waals surface area contributed by atoms with Crippen LogP contribution in [0, 0.1) is 6.92 Å². The van der Waals surface area contributed by atoms with Crippen molar-refractivity contribution >= 4 is 27.5 Å². The minimum Gasteiger partial charge on any atom is -0.469 e. The minimum absolute atomic E-state index is 0.0529. The number of anilines is 2. The van der Waals surface area contributed by atoms with Crippen molar-refractivity contribution in [1.29, 1.82) is 0 Å². The number of methoxy groups -OCH3 is 1. The van der Waals surface area contributed by atoms with Crippen molar-refractivity contribution in [3.63, 3.8) is 0 Å². The SMILES string of the molecule is COC(=O)CCCS(=O)(=O)Nc1c(N)c(C)nn1C. The van der Waals surface area contributed by atoms with Gasteiger partial charge < -0.3 is 10.5 Å². The monoisotopic (exact) mass is 290 g/mol. The predicted octanol–water partition coefficient (Wildman–Crippen LogP) is 0.00562. The third-order valence-electron chi connectivity index (χ3n) is 2.54. The minimum atomic E-state index is -3.57. The van der Waals surface area contributed by atoms with Crippen LogP contribution in [-0.2, 0) is 26.6 Å². The van der Waals surface area contributed by atoms with Gasteiger partial charge in [0.25, 0.3) is 0 Å². The Morgan fingerprint density at radius 2 is 2.16 bits per heavy atom. The van der Waals surface area contributed by atoms with Crippen molar-refractivity contribution in [2.75, 3.05) is 23.3 Å². The normalized spacial score (nSPS) is 11.3. The Morgan fingerprint density at radius 3 is 2.63 bits per heavy atom. The number of hydrogen-bond acceptors (Lipinski definition) is 6. The molecule has 9 heteroatoms. The number of nitrogens with zero attached hydrogens (tertiary/aromatic N) is 2. The van der Waals surface area contributed by atoms with Gasteiger partial charge in [-0.1, -0.05) is 0 Å². The molecule has 0 aliphatic carbocycles. The highest BCUT2D eigenvalue weighted by atomic mass is 32.2. The average molecular weight is 290 g/mol. The summed E-state index contributed by atoms with van der Waals surface area (Å²) in [4.78, 5) is 10.9. The van der Waals surface area contributed by atoms with E-state index >= 15 is 0 Å². The molecule has 8 nitrogen and oxygen atoms in total. The standard InChI is InChI=1S/C10H18N4O4S/c1-7-9(11)10(14(2)12-7)13-19(16,17)6-4-5-8(15)18-3/h13H,4-6,11H2,1-3H3. The highest BCUT2D eigenvalue weighted by Crippen LogP contribution is 2.22. The Balaban J connectivity index is 2.67. The molecule has 0 amide bonds. The summed E-state index contributed by atoms with van der Waals surface area (Å²) in [5, 5.41) is 4.01. The topological polar surface area (TPSA) is 116 Å². The molecule has 0 fully saturated rings. The Morgan fingerprint density at radius 1 is 1.53 bits per heavy atom. The average Bonchev–Trinajstić information content (AvgIpc) is 2.55. The Hall–Kier alpha value is -1.77. The number of hydrogen-bond donors (Lipinski definition) is 2. The number of aromatic nitrogens is 2. The second-order valence-corrected chi connectivity index (χ2v) is 5.91. The molecule has 1 heterocycles. The molecular formula is C10H18N4O4S. The van der Waals surface area contributed by atoms with Crippen LogP contribution in [0.5, 0.6) is 0 Å². The number of aryl methyl sites for hydroxylation is 2. The van der Waals surface area contributed by atoms with E-state index in [0.29, 0.717) is 11.4 Å². The number of esters is 1. The van der Waals surface area contributed by atoms with Gasteiger partial charge in [0.05, 0.1) is 24.2 Å². The van der Waals surface area contributed by atoms with Crippen LogP contribution in [-0.4, -0.2) is 37.0 Å². The van der Waals surface area contributed by atoms with Gasteiger partial charge in [0.1, 0.15) is 0 Å². The molecule has 0 unspecified atom stereocenters. The molecule has 19 heavy (non-hydrogen) atoms. The first-order valence-electron chi connectivity index (χ1n) is 5.63. The van der Waals surface area contributed by atoms with E-state index in [1.54, 1.807) is 14.0 Å². The molecule has 0 saturated carbocycles. The van der Waals surface area contributed by atoms with Gasteiger partial charge in [-0.25, -0.2) is 13.1 Å². The summed E-state index contributed by atoms with van der Waals surface area (Å²) in [5.74, 6) is -0.396. The maximum absolute atomic E-state index is 11.8. The highest BCUT2D eigenvalue weighted by Gasteiger charge is 2.17. The third-order valence-corrected chi connectivity index (χ3v) is 3.87. The molecule has 0 aliphatic rings. The van der Waals surface area contributed by atoms with E-state index in [1.807, 2.05) is 0 Å². The quantitative estimate of drug-likeness (QED) is 0.713. The maximum Gasteiger partial charge on any atom is 0.305 e. The smallest absolute Gasteiger partial charge is 0.305 e. The van der Waals surface area contributed by atoms with Crippen LogP contribution < -0.4 is 10.5 Å². The van der Waals surface area contributed by atoms with E-state index in [2.05, 4.69) is 14.6 Å². The highest BCUT2D eigenvalue weighted by molar-refractivity contribution is 7.92. The van der Waals surface area contributed by atoms with Gasteiger partial charge in [-0.15, -0.1) is 0 Å². The molecule has 108 valence electrons. The lowest BCUT2D eigenvalue weighted by Crippen LogP contribution is -2.20. The van der Waals surface area contributed by atoms with Crippen molar-refractivity contribution in [1.82, 2.24) is 9.78 Å². The molecule has 1 rings (SSSR count). The van der Waals surface area contributed by atoms with Crippen molar-refractivity contribution in [3.05, 3.63) is 5.69 Å². The Bertz CT molecular complexity index is 564. The molecule has 0 bridgehead atoms. The summed E-state index contributed by atoms with van der Waals surface area (Å²) in [5.41, 5.74) is 6.57. The number of nitrogens with one attached hydrogen (secondary N) is 1.